The fourth-order valence-corrected chi connectivity index (χ4v) is 4.55. The highest BCUT2D eigenvalue weighted by Crippen LogP contribution is 2.60. The molecule has 25 heavy (non-hydrogen) atoms. The molecule has 0 atom stereocenters. The van der Waals surface area contributed by atoms with Crippen molar-refractivity contribution in [2.24, 2.45) is 0 Å². The first-order chi connectivity index (χ1) is 11.5. The summed E-state index contributed by atoms with van der Waals surface area (Å²) in [7, 11) is -3.32. The monoisotopic (exact) mass is 391 g/mol. The molecule has 142 valence electrons. The number of aromatic nitrogens is 2. The Bertz CT molecular complexity index is 670. The number of anilines is 1. The number of hydrogen-bond acceptors (Lipinski definition) is 8. The summed E-state index contributed by atoms with van der Waals surface area (Å²) in [6.45, 7) is 7.22. The molecule has 0 bridgehead atoms. The molecule has 1 aliphatic heterocycles. The fourth-order valence-electron chi connectivity index (χ4n) is 2.09. The molecule has 0 spiro atoms. The van der Waals surface area contributed by atoms with Gasteiger partial charge in [0.2, 0.25) is 5.13 Å². The predicted octanol–water partition coefficient (Wildman–Crippen LogP) is 2.58. The van der Waals surface area contributed by atoms with E-state index in [4.69, 9.17) is 4.74 Å². The zero-order valence-electron chi connectivity index (χ0n) is 14.8. The van der Waals surface area contributed by atoms with Crippen molar-refractivity contribution >= 4 is 33.0 Å². The third kappa shape index (κ3) is 4.04. The van der Waals surface area contributed by atoms with Crippen molar-refractivity contribution in [2.75, 3.05) is 25.1 Å². The maximum atomic E-state index is 12.7. The van der Waals surface area contributed by atoms with Crippen LogP contribution in [0.5, 0.6) is 0 Å². The Morgan fingerprint density at radius 1 is 1.36 bits per heavy atom. The Hall–Kier alpha value is -1.04. The van der Waals surface area contributed by atoms with Crippen molar-refractivity contribution < 1.29 is 23.7 Å². The molecule has 1 aromatic heterocycles. The van der Waals surface area contributed by atoms with Gasteiger partial charge in [-0.3, -0.25) is 19.2 Å². The third-order valence-electron chi connectivity index (χ3n) is 4.17. The van der Waals surface area contributed by atoms with E-state index in [2.05, 4.69) is 15.5 Å². The number of nitrogens with zero attached hydrogens (tertiary/aromatic N) is 2. The number of carbonyl (C=O) groups is 1. The van der Waals surface area contributed by atoms with Gasteiger partial charge in [0.05, 0.1) is 19.8 Å². The van der Waals surface area contributed by atoms with Gasteiger partial charge in [-0.15, -0.1) is 10.2 Å². The van der Waals surface area contributed by atoms with E-state index in [0.29, 0.717) is 29.5 Å². The second kappa shape index (κ2) is 7.29. The number of amides is 1. The van der Waals surface area contributed by atoms with Gasteiger partial charge >= 0.3 is 0 Å². The molecule has 1 aromatic rings. The summed E-state index contributed by atoms with van der Waals surface area (Å²) in [4.78, 5) is 13.1. The van der Waals surface area contributed by atoms with Crippen LogP contribution in [-0.4, -0.2) is 54.9 Å². The fraction of sp³-hybridized carbons (Fsp3) is 0.667. The zero-order chi connectivity index (χ0) is 18.9. The number of aliphatic hydroxyl groups is 1. The lowest BCUT2D eigenvalue weighted by Crippen LogP contribution is -2.42. The number of rotatable bonds is 6. The van der Waals surface area contributed by atoms with E-state index in [1.54, 1.807) is 6.08 Å². The summed E-state index contributed by atoms with van der Waals surface area (Å²) >= 11 is 1.15. The van der Waals surface area contributed by atoms with Crippen molar-refractivity contribution in [3.8, 4) is 0 Å². The van der Waals surface area contributed by atoms with Gasteiger partial charge in [-0.1, -0.05) is 25.2 Å². The topological polar surface area (TPSA) is 125 Å². The molecule has 1 amide bonds. The lowest BCUT2D eigenvalue weighted by molar-refractivity contribution is -0.118. The molecule has 0 unspecified atom stereocenters. The molecule has 4 N–H and O–H groups in total. The summed E-state index contributed by atoms with van der Waals surface area (Å²) in [6.07, 6.45) is 2.01. The van der Waals surface area contributed by atoms with E-state index in [-0.39, 0.29) is 11.7 Å². The molecule has 10 heteroatoms. The largest absolute Gasteiger partial charge is 0.395 e. The second-order valence-corrected chi connectivity index (χ2v) is 10.6. The Labute approximate surface area is 152 Å². The average Bonchev–Trinajstić information content (AvgIpc) is 3.04. The number of nitrogens with one attached hydrogen (secondary N) is 1. The van der Waals surface area contributed by atoms with Crippen LogP contribution in [-0.2, 0) is 14.9 Å². The highest BCUT2D eigenvalue weighted by Gasteiger charge is 2.44. The van der Waals surface area contributed by atoms with Crippen LogP contribution in [0, 0.1) is 0 Å². The number of ether oxygens (including phenoxy) is 1. The van der Waals surface area contributed by atoms with Crippen LogP contribution in [0.3, 0.4) is 0 Å². The van der Waals surface area contributed by atoms with E-state index in [0.717, 1.165) is 11.3 Å². The Morgan fingerprint density at radius 2 is 2.04 bits per heavy atom. The van der Waals surface area contributed by atoms with E-state index >= 15 is 0 Å². The summed E-state index contributed by atoms with van der Waals surface area (Å²) < 4.78 is 25.1. The number of hydrogen-bond donors (Lipinski definition) is 4. The number of aliphatic hydroxyl groups excluding tert-OH is 1. The van der Waals surface area contributed by atoms with Crippen LogP contribution in [0.25, 0.3) is 0 Å². The van der Waals surface area contributed by atoms with Crippen molar-refractivity contribution in [2.45, 2.75) is 44.3 Å². The van der Waals surface area contributed by atoms with Crippen LogP contribution in [0.1, 0.15) is 39.1 Å². The zero-order valence-corrected chi connectivity index (χ0v) is 16.4. The highest BCUT2D eigenvalue weighted by atomic mass is 32.3. The Kier molecular flexibility index (Phi) is 5.92. The van der Waals surface area contributed by atoms with Gasteiger partial charge in [0.15, 0.2) is 0 Å². The molecule has 0 aromatic carbocycles. The highest BCUT2D eigenvalue weighted by molar-refractivity contribution is 8.29. The van der Waals surface area contributed by atoms with E-state index in [9.17, 15) is 19.0 Å². The molecule has 2 rings (SSSR count). The van der Waals surface area contributed by atoms with Gasteiger partial charge in [-0.2, -0.15) is 10.6 Å². The van der Waals surface area contributed by atoms with Gasteiger partial charge in [-0.05, 0) is 19.9 Å². The summed E-state index contributed by atoms with van der Waals surface area (Å²) in [5, 5.41) is 20.8. The van der Waals surface area contributed by atoms with Gasteiger partial charge in [0, 0.05) is 16.7 Å². The average molecular weight is 392 g/mol. The molecular formula is C15H25N3O5S2. The molecular weight excluding hydrogens is 366 g/mol. The summed E-state index contributed by atoms with van der Waals surface area (Å²) in [5.41, 5.74) is -0.563. The number of carbonyl (C=O) groups excluding carboxylic acids is 1. The standard InChI is InChI=1S/C15H25N3O5S2/c1-14(2,9-19)12-17-18-13(24-12)16-11(20)15(3,4)25(21,22)10-5-7-23-8-6-10/h5,19,21-22H,6-9H2,1-4H3,(H,16,18,20). The SMILES string of the molecule is CC(C)(CO)c1nnc(NC(=O)C(C)(C)S(O)(O)C2=CCOCC2)s1. The van der Waals surface area contributed by atoms with E-state index < -0.39 is 26.7 Å². The smallest absolute Gasteiger partial charge is 0.251 e. The van der Waals surface area contributed by atoms with Gasteiger partial charge < -0.3 is 9.84 Å². The van der Waals surface area contributed by atoms with Crippen molar-refractivity contribution in [3.63, 3.8) is 0 Å². The minimum absolute atomic E-state index is 0.0994. The molecule has 0 saturated heterocycles. The lowest BCUT2D eigenvalue weighted by Gasteiger charge is -2.47. The quantitative estimate of drug-likeness (QED) is 0.587. The second-order valence-electron chi connectivity index (χ2n) is 6.96. The predicted molar refractivity (Wildman–Crippen MR) is 99.1 cm³/mol. The van der Waals surface area contributed by atoms with Crippen LogP contribution >= 0.6 is 21.9 Å². The molecule has 0 saturated carbocycles. The van der Waals surface area contributed by atoms with Gasteiger partial charge in [0.1, 0.15) is 9.75 Å². The molecule has 2 heterocycles. The molecule has 0 radical (unpaired) electrons. The van der Waals surface area contributed by atoms with Crippen LogP contribution < -0.4 is 5.32 Å². The van der Waals surface area contributed by atoms with Gasteiger partial charge in [0.25, 0.3) is 5.91 Å². The lowest BCUT2D eigenvalue weighted by atomic mass is 9.96. The van der Waals surface area contributed by atoms with E-state index in [1.807, 2.05) is 13.8 Å². The summed E-state index contributed by atoms with van der Waals surface area (Å²) in [6, 6.07) is 0. The molecule has 8 nitrogen and oxygen atoms in total. The summed E-state index contributed by atoms with van der Waals surface area (Å²) in [5.74, 6) is -0.551. The Morgan fingerprint density at radius 3 is 2.60 bits per heavy atom. The minimum atomic E-state index is -3.32. The van der Waals surface area contributed by atoms with Crippen molar-refractivity contribution in [3.05, 3.63) is 16.0 Å². The molecule has 1 aliphatic rings. The Balaban J connectivity index is 2.17. The first-order valence-corrected chi connectivity index (χ1v) is 10.2. The normalized spacial score (nSPS) is 17.2. The van der Waals surface area contributed by atoms with Crippen LogP contribution in [0.15, 0.2) is 11.0 Å². The van der Waals surface area contributed by atoms with Crippen LogP contribution in [0.4, 0.5) is 5.13 Å². The maximum Gasteiger partial charge on any atom is 0.251 e. The minimum Gasteiger partial charge on any atom is -0.395 e. The third-order valence-corrected chi connectivity index (χ3v) is 8.08. The molecule has 0 fully saturated rings. The van der Waals surface area contributed by atoms with Gasteiger partial charge in [-0.25, -0.2) is 0 Å². The van der Waals surface area contributed by atoms with E-state index in [1.165, 1.54) is 13.8 Å². The van der Waals surface area contributed by atoms with Crippen molar-refractivity contribution in [1.82, 2.24) is 10.2 Å². The maximum absolute atomic E-state index is 12.7. The molecule has 0 aliphatic carbocycles. The first kappa shape index (κ1) is 20.3. The van der Waals surface area contributed by atoms with Crippen molar-refractivity contribution in [1.29, 1.82) is 0 Å². The first-order valence-electron chi connectivity index (χ1n) is 7.83. The van der Waals surface area contributed by atoms with Crippen LogP contribution in [0.2, 0.25) is 0 Å².